The van der Waals surface area contributed by atoms with Crippen LogP contribution in [0.1, 0.15) is 63.9 Å². The second-order valence-corrected chi connectivity index (χ2v) is 13.7. The summed E-state index contributed by atoms with van der Waals surface area (Å²) in [6, 6.07) is 16.0. The molecule has 2 aliphatic rings. The number of nitrogens with zero attached hydrogens (tertiary/aromatic N) is 1. The van der Waals surface area contributed by atoms with Gasteiger partial charge in [0.15, 0.2) is 0 Å². The van der Waals surface area contributed by atoms with Gasteiger partial charge in [0.05, 0.1) is 12.0 Å². The molecule has 0 aliphatic heterocycles. The Bertz CT molecular complexity index is 1200. The molecule has 0 bridgehead atoms. The van der Waals surface area contributed by atoms with Crippen molar-refractivity contribution in [1.82, 2.24) is 4.31 Å². The first-order valence-electron chi connectivity index (χ1n) is 14.4. The smallest absolute Gasteiger partial charge is 0.404 e. The number of primary amides is 1. The number of carbonyl (C=O) groups is 1. The molecule has 2 fully saturated rings. The first-order chi connectivity index (χ1) is 19.1. The first kappa shape index (κ1) is 30.3. The number of rotatable bonds is 12. The average molecular weight is 573 g/mol. The van der Waals surface area contributed by atoms with Crippen LogP contribution >= 0.6 is 0 Å². The predicted octanol–water partition coefficient (Wildman–Crippen LogP) is 5.17. The zero-order valence-electron chi connectivity index (χ0n) is 23.8. The average Bonchev–Trinajstić information content (AvgIpc) is 3.42. The van der Waals surface area contributed by atoms with Gasteiger partial charge in [0.1, 0.15) is 18.0 Å². The number of ether oxygens (including phenoxy) is 2. The van der Waals surface area contributed by atoms with Crippen molar-refractivity contribution >= 4 is 16.1 Å². The van der Waals surface area contributed by atoms with Crippen molar-refractivity contribution < 1.29 is 27.8 Å². The normalized spacial score (nSPS) is 23.4. The third-order valence-electron chi connectivity index (χ3n) is 8.67. The summed E-state index contributed by atoms with van der Waals surface area (Å²) in [6.07, 6.45) is 3.49. The van der Waals surface area contributed by atoms with Gasteiger partial charge in [0.25, 0.3) is 0 Å². The van der Waals surface area contributed by atoms with E-state index in [4.69, 9.17) is 15.2 Å². The maximum atomic E-state index is 13.8. The van der Waals surface area contributed by atoms with Crippen molar-refractivity contribution in [2.45, 2.75) is 75.4 Å². The van der Waals surface area contributed by atoms with Crippen molar-refractivity contribution in [2.75, 3.05) is 20.2 Å². The lowest BCUT2D eigenvalue weighted by Crippen LogP contribution is -2.49. The molecule has 2 aliphatic carbocycles. The van der Waals surface area contributed by atoms with E-state index in [0.717, 1.165) is 24.8 Å². The quantitative estimate of drug-likeness (QED) is 0.362. The van der Waals surface area contributed by atoms with Crippen LogP contribution in [0.2, 0.25) is 0 Å². The third-order valence-corrected chi connectivity index (χ3v) is 10.5. The molecule has 1 unspecified atom stereocenters. The Hall–Kier alpha value is -2.62. The molecule has 0 heterocycles. The van der Waals surface area contributed by atoms with Gasteiger partial charge in [-0.05, 0) is 66.3 Å². The van der Waals surface area contributed by atoms with Crippen LogP contribution in [-0.4, -0.2) is 56.3 Å². The van der Waals surface area contributed by atoms with Gasteiger partial charge >= 0.3 is 6.09 Å². The molecule has 40 heavy (non-hydrogen) atoms. The molecule has 0 spiro atoms. The Balaban J connectivity index is 1.70. The number of aliphatic hydroxyl groups is 1. The molecule has 1 amide bonds. The second kappa shape index (κ2) is 13.4. The van der Waals surface area contributed by atoms with Crippen molar-refractivity contribution in [3.8, 4) is 5.75 Å². The fourth-order valence-corrected chi connectivity index (χ4v) is 8.65. The van der Waals surface area contributed by atoms with Crippen LogP contribution in [0, 0.1) is 23.7 Å². The summed E-state index contributed by atoms with van der Waals surface area (Å²) in [4.78, 5) is 12.4. The number of amides is 1. The van der Waals surface area contributed by atoms with Crippen LogP contribution in [0.15, 0.2) is 59.5 Å². The van der Waals surface area contributed by atoms with E-state index in [0.29, 0.717) is 17.6 Å². The largest absolute Gasteiger partial charge is 0.497 e. The SMILES string of the molecule is COc1ccc(S(=O)(=O)N(CC(C)C)C[C@@H](O)[C@@H](OC(N)=O)C(c2ccccc2)[C@H]2CCC[C@H]3CCC[C@H]32)cc1. The number of sulfonamides is 1. The van der Waals surface area contributed by atoms with Gasteiger partial charge in [-0.15, -0.1) is 0 Å². The highest BCUT2D eigenvalue weighted by molar-refractivity contribution is 7.89. The van der Waals surface area contributed by atoms with Crippen molar-refractivity contribution in [3.63, 3.8) is 0 Å². The maximum absolute atomic E-state index is 13.8. The maximum Gasteiger partial charge on any atom is 0.404 e. The van der Waals surface area contributed by atoms with E-state index in [2.05, 4.69) is 0 Å². The molecule has 2 aromatic carbocycles. The van der Waals surface area contributed by atoms with Crippen LogP contribution in [0.4, 0.5) is 4.79 Å². The molecular weight excluding hydrogens is 528 g/mol. The minimum Gasteiger partial charge on any atom is -0.497 e. The lowest BCUT2D eigenvalue weighted by atomic mass is 9.65. The van der Waals surface area contributed by atoms with E-state index < -0.39 is 28.3 Å². The van der Waals surface area contributed by atoms with E-state index in [1.54, 1.807) is 12.1 Å². The van der Waals surface area contributed by atoms with E-state index >= 15 is 0 Å². The van der Waals surface area contributed by atoms with Crippen molar-refractivity contribution in [1.29, 1.82) is 0 Å². The number of fused-ring (bicyclic) bond motifs is 1. The van der Waals surface area contributed by atoms with Crippen molar-refractivity contribution in [3.05, 3.63) is 60.2 Å². The highest BCUT2D eigenvalue weighted by Crippen LogP contribution is 2.51. The Morgan fingerprint density at radius 1 is 1.00 bits per heavy atom. The summed E-state index contributed by atoms with van der Waals surface area (Å²) in [5.41, 5.74) is 6.55. The zero-order chi connectivity index (χ0) is 28.9. The lowest BCUT2D eigenvalue weighted by molar-refractivity contribution is -0.0392. The van der Waals surface area contributed by atoms with Gasteiger partial charge in [-0.2, -0.15) is 4.31 Å². The highest BCUT2D eigenvalue weighted by Gasteiger charge is 2.46. The fraction of sp³-hybridized carbons (Fsp3) is 0.581. The van der Waals surface area contributed by atoms with E-state index in [-0.39, 0.29) is 35.7 Å². The van der Waals surface area contributed by atoms with Crippen LogP contribution in [0.25, 0.3) is 0 Å². The summed E-state index contributed by atoms with van der Waals surface area (Å²) < 4.78 is 39.8. The Kier molecular flexibility index (Phi) is 10.1. The molecule has 3 N–H and O–H groups in total. The monoisotopic (exact) mass is 572 g/mol. The molecule has 0 radical (unpaired) electrons. The van der Waals surface area contributed by atoms with Crippen LogP contribution in [0.3, 0.4) is 0 Å². The number of benzene rings is 2. The minimum atomic E-state index is -3.96. The zero-order valence-corrected chi connectivity index (χ0v) is 24.6. The second-order valence-electron chi connectivity index (χ2n) is 11.7. The Labute approximate surface area is 238 Å². The van der Waals surface area contributed by atoms with E-state index in [1.807, 2.05) is 44.2 Å². The van der Waals surface area contributed by atoms with Crippen LogP contribution < -0.4 is 10.5 Å². The third kappa shape index (κ3) is 6.98. The number of carbonyl (C=O) groups excluding carboxylic acids is 1. The summed E-state index contributed by atoms with van der Waals surface area (Å²) in [6.45, 7) is 3.82. The Morgan fingerprint density at radius 3 is 2.25 bits per heavy atom. The van der Waals surface area contributed by atoms with E-state index in [9.17, 15) is 18.3 Å². The fourth-order valence-electron chi connectivity index (χ4n) is 7.03. The predicted molar refractivity (Wildman–Crippen MR) is 154 cm³/mol. The van der Waals surface area contributed by atoms with Crippen LogP contribution in [0.5, 0.6) is 5.75 Å². The number of hydrogen-bond acceptors (Lipinski definition) is 6. The number of aliphatic hydroxyl groups excluding tert-OH is 1. The topological polar surface area (TPSA) is 119 Å². The van der Waals surface area contributed by atoms with Crippen molar-refractivity contribution in [2.24, 2.45) is 29.4 Å². The number of methoxy groups -OCH3 is 1. The molecule has 6 atom stereocenters. The van der Waals surface area contributed by atoms with Gasteiger partial charge in [0.2, 0.25) is 10.0 Å². The highest BCUT2D eigenvalue weighted by atomic mass is 32.2. The van der Waals surface area contributed by atoms with Gasteiger partial charge in [-0.3, -0.25) is 0 Å². The molecular formula is C31H44N2O6S. The lowest BCUT2D eigenvalue weighted by Gasteiger charge is -2.43. The first-order valence-corrected chi connectivity index (χ1v) is 15.9. The molecule has 2 saturated carbocycles. The van der Waals surface area contributed by atoms with E-state index in [1.165, 1.54) is 42.8 Å². The molecule has 220 valence electrons. The standard InChI is InChI=1S/C31H44N2O6S/c1-21(2)19-33(40(36,37)25-17-15-24(38-3)16-18-25)20-28(34)30(39-31(32)35)29(23-9-5-4-6-10-23)27-14-8-12-22-11-7-13-26(22)27/h4-6,9-10,15-18,21-22,26-30,34H,7-8,11-14,19-20H2,1-3H3,(H2,32,35)/t22-,26-,27+,28-,29?,30-/m1/s1. The summed E-state index contributed by atoms with van der Waals surface area (Å²) >= 11 is 0. The molecule has 9 heteroatoms. The number of nitrogens with two attached hydrogens (primary N) is 1. The summed E-state index contributed by atoms with van der Waals surface area (Å²) in [5.74, 6) is 1.54. The van der Waals surface area contributed by atoms with Gasteiger partial charge < -0.3 is 20.3 Å². The van der Waals surface area contributed by atoms with Crippen LogP contribution in [-0.2, 0) is 14.8 Å². The molecule has 0 saturated heterocycles. The summed E-state index contributed by atoms with van der Waals surface area (Å²) in [5, 5.41) is 11.8. The molecule has 2 aromatic rings. The summed E-state index contributed by atoms with van der Waals surface area (Å²) in [7, 11) is -2.44. The molecule has 4 rings (SSSR count). The molecule has 0 aromatic heterocycles. The van der Waals surface area contributed by atoms with Gasteiger partial charge in [-0.25, -0.2) is 13.2 Å². The van der Waals surface area contributed by atoms with Gasteiger partial charge in [-0.1, -0.05) is 69.9 Å². The molecule has 8 nitrogen and oxygen atoms in total. The minimum absolute atomic E-state index is 0.00163. The number of hydrogen-bond donors (Lipinski definition) is 2. The Morgan fingerprint density at radius 2 is 1.65 bits per heavy atom. The van der Waals surface area contributed by atoms with Gasteiger partial charge in [0, 0.05) is 19.0 Å².